The van der Waals surface area contributed by atoms with Gasteiger partial charge in [0.15, 0.2) is 0 Å². The van der Waals surface area contributed by atoms with Crippen LogP contribution in [0.15, 0.2) is 0 Å². The van der Waals surface area contributed by atoms with Crippen LogP contribution in [0.3, 0.4) is 0 Å². The third-order valence-electron chi connectivity index (χ3n) is 5.11. The van der Waals surface area contributed by atoms with Gasteiger partial charge in [-0.25, -0.2) is 0 Å². The molecule has 0 aromatic rings. The maximum absolute atomic E-state index is 12.3. The molecule has 0 aromatic heterocycles. The molecule has 0 bridgehead atoms. The van der Waals surface area contributed by atoms with Gasteiger partial charge in [-0.15, -0.1) is 0 Å². The van der Waals surface area contributed by atoms with Crippen LogP contribution in [0.5, 0.6) is 0 Å². The Hall–Kier alpha value is -0.370. The predicted molar refractivity (Wildman–Crippen MR) is 73.4 cm³/mol. The van der Waals surface area contributed by atoms with Crippen LogP contribution >= 0.6 is 0 Å². The molecule has 0 radical (unpaired) electrons. The van der Waals surface area contributed by atoms with E-state index in [-0.39, 0.29) is 0 Å². The molecular formula is C16H27NO. The molecule has 102 valence electrons. The first-order chi connectivity index (χ1) is 8.63. The van der Waals surface area contributed by atoms with E-state index in [1.807, 2.05) is 0 Å². The average Bonchev–Trinajstić information content (AvgIpc) is 3.12. The zero-order valence-corrected chi connectivity index (χ0v) is 11.9. The van der Waals surface area contributed by atoms with Crippen LogP contribution in [0.1, 0.15) is 52.4 Å². The van der Waals surface area contributed by atoms with Crippen molar-refractivity contribution >= 4 is 5.78 Å². The van der Waals surface area contributed by atoms with Gasteiger partial charge >= 0.3 is 0 Å². The largest absolute Gasteiger partial charge is 0.299 e. The molecule has 3 saturated carbocycles. The molecule has 0 N–H and O–H groups in total. The molecule has 3 unspecified atom stereocenters. The Morgan fingerprint density at radius 3 is 2.39 bits per heavy atom. The van der Waals surface area contributed by atoms with E-state index in [0.717, 1.165) is 24.9 Å². The lowest BCUT2D eigenvalue weighted by Crippen LogP contribution is -2.41. The summed E-state index contributed by atoms with van der Waals surface area (Å²) in [4.78, 5) is 14.9. The molecule has 0 aliphatic heterocycles. The summed E-state index contributed by atoms with van der Waals surface area (Å²) in [5.41, 5.74) is 0. The van der Waals surface area contributed by atoms with Crippen LogP contribution < -0.4 is 0 Å². The van der Waals surface area contributed by atoms with Gasteiger partial charge in [0.25, 0.3) is 0 Å². The summed E-state index contributed by atoms with van der Waals surface area (Å²) < 4.78 is 0. The van der Waals surface area contributed by atoms with Gasteiger partial charge in [-0.2, -0.15) is 0 Å². The van der Waals surface area contributed by atoms with Gasteiger partial charge in [0, 0.05) is 31.5 Å². The third-order valence-corrected chi connectivity index (χ3v) is 5.11. The Balaban J connectivity index is 1.59. The molecule has 0 aromatic carbocycles. The Kier molecular flexibility index (Phi) is 3.48. The van der Waals surface area contributed by atoms with Crippen molar-refractivity contribution in [2.24, 2.45) is 23.7 Å². The Morgan fingerprint density at radius 1 is 1.11 bits per heavy atom. The normalized spacial score (nSPS) is 37.3. The smallest absolute Gasteiger partial charge is 0.137 e. The number of Topliss-reactive ketones (excluding diaryl/α,β-unsaturated/α-hetero) is 1. The lowest BCUT2D eigenvalue weighted by Gasteiger charge is -2.35. The topological polar surface area (TPSA) is 20.3 Å². The van der Waals surface area contributed by atoms with E-state index in [9.17, 15) is 4.79 Å². The molecule has 18 heavy (non-hydrogen) atoms. The zero-order valence-electron chi connectivity index (χ0n) is 11.9. The van der Waals surface area contributed by atoms with Crippen molar-refractivity contribution in [2.75, 3.05) is 13.1 Å². The molecule has 2 heteroatoms. The van der Waals surface area contributed by atoms with Crippen LogP contribution in [0, 0.1) is 23.7 Å². The van der Waals surface area contributed by atoms with Crippen molar-refractivity contribution in [1.29, 1.82) is 0 Å². The van der Waals surface area contributed by atoms with Crippen molar-refractivity contribution in [2.45, 2.75) is 58.4 Å². The maximum atomic E-state index is 12.3. The van der Waals surface area contributed by atoms with Crippen LogP contribution in [-0.2, 0) is 4.79 Å². The van der Waals surface area contributed by atoms with Crippen molar-refractivity contribution in [3.63, 3.8) is 0 Å². The highest BCUT2D eigenvalue weighted by Gasteiger charge is 2.39. The minimum Gasteiger partial charge on any atom is -0.299 e. The summed E-state index contributed by atoms with van der Waals surface area (Å²) in [6, 6.07) is 0.824. The molecule has 3 atom stereocenters. The lowest BCUT2D eigenvalue weighted by molar-refractivity contribution is -0.128. The monoisotopic (exact) mass is 249 g/mol. The van der Waals surface area contributed by atoms with Crippen LogP contribution in [0.2, 0.25) is 0 Å². The van der Waals surface area contributed by atoms with E-state index in [2.05, 4.69) is 18.7 Å². The first kappa shape index (κ1) is 12.7. The summed E-state index contributed by atoms with van der Waals surface area (Å²) in [5.74, 6) is 3.05. The van der Waals surface area contributed by atoms with Gasteiger partial charge in [0.1, 0.15) is 5.78 Å². The van der Waals surface area contributed by atoms with E-state index in [1.165, 1.54) is 38.6 Å². The molecule has 3 fully saturated rings. The highest BCUT2D eigenvalue weighted by molar-refractivity contribution is 5.82. The first-order valence-electron chi connectivity index (χ1n) is 7.90. The minimum absolute atomic E-state index is 0.334. The van der Waals surface area contributed by atoms with Gasteiger partial charge < -0.3 is 0 Å². The average molecular weight is 249 g/mol. The highest BCUT2D eigenvalue weighted by Crippen LogP contribution is 2.38. The number of ketones is 1. The molecule has 0 spiro atoms. The summed E-state index contributed by atoms with van der Waals surface area (Å²) in [6.07, 6.45) is 7.68. The zero-order chi connectivity index (χ0) is 12.7. The minimum atomic E-state index is 0.334. The second kappa shape index (κ2) is 4.96. The summed E-state index contributed by atoms with van der Waals surface area (Å²) in [5, 5.41) is 0. The lowest BCUT2D eigenvalue weighted by atomic mass is 9.74. The standard InChI is InChI=1S/C16H27NO/c1-11-7-12(2)15(16(18)8-11)10-17(14-5-6-14)9-13-3-4-13/h11-15H,3-10H2,1-2H3. The fourth-order valence-electron chi connectivity index (χ4n) is 3.67. The summed E-state index contributed by atoms with van der Waals surface area (Å²) >= 11 is 0. The second-order valence-electron chi connectivity index (χ2n) is 7.22. The summed E-state index contributed by atoms with van der Waals surface area (Å²) in [6.45, 7) is 6.86. The number of carbonyl (C=O) groups excluding carboxylic acids is 1. The molecule has 0 saturated heterocycles. The predicted octanol–water partition coefficient (Wildman–Crippen LogP) is 3.11. The quantitative estimate of drug-likeness (QED) is 0.746. The Morgan fingerprint density at radius 2 is 1.83 bits per heavy atom. The number of hydrogen-bond donors (Lipinski definition) is 0. The van der Waals surface area contributed by atoms with Crippen molar-refractivity contribution in [1.82, 2.24) is 4.90 Å². The SMILES string of the molecule is CC1CC(=O)C(CN(CC2CC2)C2CC2)C(C)C1. The number of rotatable bonds is 5. The van der Waals surface area contributed by atoms with E-state index < -0.39 is 0 Å². The first-order valence-corrected chi connectivity index (χ1v) is 7.90. The number of nitrogens with zero attached hydrogens (tertiary/aromatic N) is 1. The summed E-state index contributed by atoms with van der Waals surface area (Å²) in [7, 11) is 0. The van der Waals surface area contributed by atoms with E-state index in [4.69, 9.17) is 0 Å². The van der Waals surface area contributed by atoms with Gasteiger partial charge in [-0.05, 0) is 49.9 Å². The Bertz CT molecular complexity index is 319. The molecule has 3 rings (SSSR count). The maximum Gasteiger partial charge on any atom is 0.137 e. The van der Waals surface area contributed by atoms with Crippen molar-refractivity contribution in [3.8, 4) is 0 Å². The fourth-order valence-corrected chi connectivity index (χ4v) is 3.67. The van der Waals surface area contributed by atoms with E-state index in [0.29, 0.717) is 23.5 Å². The second-order valence-corrected chi connectivity index (χ2v) is 7.22. The van der Waals surface area contributed by atoms with Gasteiger partial charge in [-0.1, -0.05) is 13.8 Å². The molecular weight excluding hydrogens is 222 g/mol. The van der Waals surface area contributed by atoms with Gasteiger partial charge in [-0.3, -0.25) is 9.69 Å². The van der Waals surface area contributed by atoms with E-state index in [1.54, 1.807) is 0 Å². The molecule has 3 aliphatic rings. The molecule has 3 aliphatic carbocycles. The van der Waals surface area contributed by atoms with E-state index >= 15 is 0 Å². The molecule has 2 nitrogen and oxygen atoms in total. The molecule has 0 amide bonds. The number of hydrogen-bond acceptors (Lipinski definition) is 2. The Labute approximate surface area is 111 Å². The van der Waals surface area contributed by atoms with Gasteiger partial charge in [0.2, 0.25) is 0 Å². The highest BCUT2D eigenvalue weighted by atomic mass is 16.1. The third kappa shape index (κ3) is 2.96. The number of carbonyl (C=O) groups is 1. The van der Waals surface area contributed by atoms with Crippen molar-refractivity contribution < 1.29 is 4.79 Å². The molecule has 0 heterocycles. The van der Waals surface area contributed by atoms with Gasteiger partial charge in [0.05, 0.1) is 0 Å². The van der Waals surface area contributed by atoms with Crippen LogP contribution in [0.4, 0.5) is 0 Å². The fraction of sp³-hybridized carbons (Fsp3) is 0.938. The van der Waals surface area contributed by atoms with Crippen LogP contribution in [0.25, 0.3) is 0 Å². The van der Waals surface area contributed by atoms with Crippen LogP contribution in [-0.4, -0.2) is 29.8 Å². The van der Waals surface area contributed by atoms with Crippen molar-refractivity contribution in [3.05, 3.63) is 0 Å².